The van der Waals surface area contributed by atoms with Crippen molar-refractivity contribution in [3.63, 3.8) is 0 Å². The Kier molecular flexibility index (Phi) is 7.26. The Balaban J connectivity index is 4.15. The third-order valence-corrected chi connectivity index (χ3v) is 2.42. The minimum atomic E-state index is -0.618. The molecule has 0 spiro atoms. The van der Waals surface area contributed by atoms with Gasteiger partial charge < -0.3 is 14.4 Å². The van der Waals surface area contributed by atoms with Gasteiger partial charge in [-0.25, -0.2) is 0 Å². The van der Waals surface area contributed by atoms with E-state index in [-0.39, 0.29) is 6.29 Å². The standard InChI is InChI=1S/C11H23N3O2/c1-11(9-12,8-10(15-4)16-5)13-6-7-14(2)3/h10,13H,6-8H2,1-5H3. The Hall–Kier alpha value is -0.670. The molecule has 0 aliphatic heterocycles. The Labute approximate surface area is 98.3 Å². The molecule has 0 bridgehead atoms. The molecule has 0 saturated heterocycles. The molecule has 0 aliphatic rings. The molecule has 1 atom stereocenters. The van der Waals surface area contributed by atoms with Crippen molar-refractivity contribution in [1.82, 2.24) is 10.2 Å². The van der Waals surface area contributed by atoms with Crippen molar-refractivity contribution in [2.75, 3.05) is 41.4 Å². The molecule has 16 heavy (non-hydrogen) atoms. The average Bonchev–Trinajstić information content (AvgIpc) is 2.25. The van der Waals surface area contributed by atoms with Gasteiger partial charge in [0, 0.05) is 33.7 Å². The first kappa shape index (κ1) is 15.3. The quantitative estimate of drug-likeness (QED) is 0.612. The molecule has 0 radical (unpaired) electrons. The van der Waals surface area contributed by atoms with E-state index in [1.807, 2.05) is 21.0 Å². The summed E-state index contributed by atoms with van der Waals surface area (Å²) in [6, 6.07) is 2.26. The number of nitriles is 1. The number of likely N-dealkylation sites (N-methyl/N-ethyl adjacent to an activating group) is 1. The fourth-order valence-electron chi connectivity index (χ4n) is 1.31. The molecular formula is C11H23N3O2. The zero-order valence-corrected chi connectivity index (χ0v) is 10.9. The van der Waals surface area contributed by atoms with E-state index in [1.165, 1.54) is 0 Å². The zero-order chi connectivity index (χ0) is 12.6. The lowest BCUT2D eigenvalue weighted by Crippen LogP contribution is -2.46. The highest BCUT2D eigenvalue weighted by Gasteiger charge is 2.27. The summed E-state index contributed by atoms with van der Waals surface area (Å²) in [5.74, 6) is 0. The molecule has 0 heterocycles. The van der Waals surface area contributed by atoms with Gasteiger partial charge >= 0.3 is 0 Å². The van der Waals surface area contributed by atoms with Crippen molar-refractivity contribution in [3.8, 4) is 6.07 Å². The van der Waals surface area contributed by atoms with Crippen molar-refractivity contribution in [3.05, 3.63) is 0 Å². The first-order valence-corrected chi connectivity index (χ1v) is 5.34. The Morgan fingerprint density at radius 1 is 1.38 bits per heavy atom. The van der Waals surface area contributed by atoms with Crippen LogP contribution in [0.4, 0.5) is 0 Å². The molecule has 0 aliphatic carbocycles. The van der Waals surface area contributed by atoms with Crippen LogP contribution in [0.15, 0.2) is 0 Å². The topological polar surface area (TPSA) is 57.5 Å². The SMILES string of the molecule is COC(CC(C)(C#N)NCCN(C)C)OC. The maximum absolute atomic E-state index is 9.15. The first-order valence-electron chi connectivity index (χ1n) is 5.34. The molecule has 0 amide bonds. The molecular weight excluding hydrogens is 206 g/mol. The van der Waals surface area contributed by atoms with Crippen LogP contribution in [0.25, 0.3) is 0 Å². The summed E-state index contributed by atoms with van der Waals surface area (Å²) in [5, 5.41) is 12.4. The maximum atomic E-state index is 9.15. The molecule has 0 rings (SSSR count). The van der Waals surface area contributed by atoms with Crippen LogP contribution in [0, 0.1) is 11.3 Å². The largest absolute Gasteiger partial charge is 0.356 e. The molecule has 94 valence electrons. The predicted molar refractivity (Wildman–Crippen MR) is 63.0 cm³/mol. The molecule has 0 saturated carbocycles. The van der Waals surface area contributed by atoms with Crippen LogP contribution in [0.1, 0.15) is 13.3 Å². The van der Waals surface area contributed by atoms with Gasteiger partial charge in [0.1, 0.15) is 5.54 Å². The highest BCUT2D eigenvalue weighted by atomic mass is 16.7. The number of nitrogens with one attached hydrogen (secondary N) is 1. The van der Waals surface area contributed by atoms with Gasteiger partial charge in [-0.1, -0.05) is 0 Å². The smallest absolute Gasteiger partial charge is 0.159 e. The second-order valence-corrected chi connectivity index (χ2v) is 4.28. The van der Waals surface area contributed by atoms with E-state index < -0.39 is 5.54 Å². The van der Waals surface area contributed by atoms with E-state index in [1.54, 1.807) is 14.2 Å². The monoisotopic (exact) mass is 229 g/mol. The van der Waals surface area contributed by atoms with Crippen LogP contribution in [-0.2, 0) is 9.47 Å². The minimum Gasteiger partial charge on any atom is -0.356 e. The Morgan fingerprint density at radius 2 is 1.94 bits per heavy atom. The summed E-state index contributed by atoms with van der Waals surface area (Å²) in [5.41, 5.74) is -0.618. The van der Waals surface area contributed by atoms with Crippen molar-refractivity contribution in [2.45, 2.75) is 25.2 Å². The summed E-state index contributed by atoms with van der Waals surface area (Å²) in [7, 11) is 7.15. The van der Waals surface area contributed by atoms with Crippen LogP contribution in [0.5, 0.6) is 0 Å². The Morgan fingerprint density at radius 3 is 2.31 bits per heavy atom. The lowest BCUT2D eigenvalue weighted by atomic mass is 9.99. The lowest BCUT2D eigenvalue weighted by molar-refractivity contribution is -0.114. The van der Waals surface area contributed by atoms with Gasteiger partial charge in [-0.3, -0.25) is 5.32 Å². The van der Waals surface area contributed by atoms with Crippen molar-refractivity contribution in [1.29, 1.82) is 5.26 Å². The molecule has 1 unspecified atom stereocenters. The van der Waals surface area contributed by atoms with E-state index in [2.05, 4.69) is 16.3 Å². The highest BCUT2D eigenvalue weighted by Crippen LogP contribution is 2.13. The first-order chi connectivity index (χ1) is 7.47. The summed E-state index contributed by atoms with van der Waals surface area (Å²) in [6.45, 7) is 3.51. The van der Waals surface area contributed by atoms with Crippen LogP contribution in [0.2, 0.25) is 0 Å². The number of nitrogens with zero attached hydrogens (tertiary/aromatic N) is 2. The van der Waals surface area contributed by atoms with Gasteiger partial charge in [-0.15, -0.1) is 0 Å². The molecule has 0 fully saturated rings. The van der Waals surface area contributed by atoms with Crippen LogP contribution in [-0.4, -0.2) is 58.1 Å². The maximum Gasteiger partial charge on any atom is 0.159 e. The van der Waals surface area contributed by atoms with Crippen molar-refractivity contribution >= 4 is 0 Å². The third-order valence-electron chi connectivity index (χ3n) is 2.42. The predicted octanol–water partition coefficient (Wildman–Crippen LogP) is 0.429. The molecule has 5 heteroatoms. The zero-order valence-electron chi connectivity index (χ0n) is 10.9. The lowest BCUT2D eigenvalue weighted by Gasteiger charge is -2.27. The van der Waals surface area contributed by atoms with E-state index in [0.717, 1.165) is 13.1 Å². The van der Waals surface area contributed by atoms with E-state index in [0.29, 0.717) is 6.42 Å². The van der Waals surface area contributed by atoms with Gasteiger partial charge in [0.25, 0.3) is 0 Å². The molecule has 0 aromatic heterocycles. The number of hydrogen-bond donors (Lipinski definition) is 1. The fraction of sp³-hybridized carbons (Fsp3) is 0.909. The van der Waals surface area contributed by atoms with E-state index in [9.17, 15) is 0 Å². The van der Waals surface area contributed by atoms with Gasteiger partial charge in [0.05, 0.1) is 6.07 Å². The summed E-state index contributed by atoms with van der Waals surface area (Å²) in [6.07, 6.45) is 0.153. The van der Waals surface area contributed by atoms with Gasteiger partial charge in [0.15, 0.2) is 6.29 Å². The van der Waals surface area contributed by atoms with Gasteiger partial charge in [0.2, 0.25) is 0 Å². The number of ether oxygens (including phenoxy) is 2. The molecule has 1 N–H and O–H groups in total. The fourth-order valence-corrected chi connectivity index (χ4v) is 1.31. The third kappa shape index (κ3) is 6.03. The highest BCUT2D eigenvalue weighted by molar-refractivity contribution is 5.04. The molecule has 5 nitrogen and oxygen atoms in total. The second-order valence-electron chi connectivity index (χ2n) is 4.28. The second kappa shape index (κ2) is 7.58. The summed E-state index contributed by atoms with van der Waals surface area (Å²) < 4.78 is 10.2. The number of methoxy groups -OCH3 is 2. The van der Waals surface area contributed by atoms with E-state index >= 15 is 0 Å². The van der Waals surface area contributed by atoms with Gasteiger partial charge in [-0.05, 0) is 21.0 Å². The van der Waals surface area contributed by atoms with Crippen LogP contribution >= 0.6 is 0 Å². The summed E-state index contributed by atoms with van der Waals surface area (Å²) >= 11 is 0. The van der Waals surface area contributed by atoms with Crippen LogP contribution in [0.3, 0.4) is 0 Å². The van der Waals surface area contributed by atoms with Gasteiger partial charge in [-0.2, -0.15) is 5.26 Å². The normalized spacial score (nSPS) is 15.1. The van der Waals surface area contributed by atoms with Crippen molar-refractivity contribution < 1.29 is 9.47 Å². The number of rotatable bonds is 8. The van der Waals surface area contributed by atoms with E-state index in [4.69, 9.17) is 14.7 Å². The summed E-state index contributed by atoms with van der Waals surface area (Å²) in [4.78, 5) is 2.06. The minimum absolute atomic E-state index is 0.350. The van der Waals surface area contributed by atoms with Crippen molar-refractivity contribution in [2.24, 2.45) is 0 Å². The average molecular weight is 229 g/mol. The molecule has 0 aromatic carbocycles. The molecule has 0 aromatic rings. The number of hydrogen-bond acceptors (Lipinski definition) is 5. The van der Waals surface area contributed by atoms with Crippen LogP contribution < -0.4 is 5.32 Å². The Bertz CT molecular complexity index is 224.